The third-order valence-corrected chi connectivity index (χ3v) is 7.15. The summed E-state index contributed by atoms with van der Waals surface area (Å²) >= 11 is 14.2. The van der Waals surface area contributed by atoms with Crippen LogP contribution in [-0.4, -0.2) is 21.8 Å². The van der Waals surface area contributed by atoms with Crippen LogP contribution in [0.4, 0.5) is 22.7 Å². The molecule has 30 heavy (non-hydrogen) atoms. The fourth-order valence-electron chi connectivity index (χ4n) is 2.66. The average molecular weight is 479 g/mol. The van der Waals surface area contributed by atoms with E-state index in [1.165, 1.54) is 12.4 Å². The van der Waals surface area contributed by atoms with Crippen LogP contribution >= 0.6 is 45.9 Å². The number of thiophene rings is 2. The number of carbonyl (C=O) groups is 2. The Morgan fingerprint density at radius 3 is 1.63 bits per heavy atom. The summed E-state index contributed by atoms with van der Waals surface area (Å²) in [5.41, 5.74) is 13.5. The van der Waals surface area contributed by atoms with Crippen LogP contribution in [-0.2, 0) is 0 Å². The summed E-state index contributed by atoms with van der Waals surface area (Å²) in [6.07, 6.45) is 3.03. The number of nitrogen functional groups attached to an aromatic ring is 2. The number of hydrogen-bond acceptors (Lipinski definition) is 8. The van der Waals surface area contributed by atoms with Gasteiger partial charge in [-0.3, -0.25) is 9.59 Å². The van der Waals surface area contributed by atoms with E-state index >= 15 is 0 Å². The second kappa shape index (κ2) is 8.07. The Morgan fingerprint density at radius 2 is 1.27 bits per heavy atom. The van der Waals surface area contributed by atoms with Crippen LogP contribution in [0.2, 0.25) is 10.3 Å². The minimum Gasteiger partial charge on any atom is -0.397 e. The number of hydrogen-bond donors (Lipinski definition) is 4. The van der Waals surface area contributed by atoms with Gasteiger partial charge in [-0.05, 0) is 24.3 Å². The molecule has 4 aromatic rings. The molecule has 6 N–H and O–H groups in total. The molecule has 0 bridgehead atoms. The minimum atomic E-state index is -0.441. The van der Waals surface area contributed by atoms with Crippen LogP contribution in [0.15, 0.2) is 36.7 Å². The lowest BCUT2D eigenvalue weighted by Crippen LogP contribution is -2.13. The van der Waals surface area contributed by atoms with E-state index in [9.17, 15) is 9.59 Å². The Kier molecular flexibility index (Phi) is 5.48. The fourth-order valence-corrected chi connectivity index (χ4v) is 5.39. The zero-order chi connectivity index (χ0) is 21.4. The van der Waals surface area contributed by atoms with Crippen molar-refractivity contribution in [1.29, 1.82) is 0 Å². The summed E-state index contributed by atoms with van der Waals surface area (Å²) in [5.74, 6) is -0.883. The highest BCUT2D eigenvalue weighted by Gasteiger charge is 2.25. The molecule has 152 valence electrons. The van der Waals surface area contributed by atoms with Crippen molar-refractivity contribution in [2.24, 2.45) is 0 Å². The molecule has 8 nitrogen and oxygen atoms in total. The Bertz CT molecular complexity index is 1210. The van der Waals surface area contributed by atoms with Crippen LogP contribution in [0.3, 0.4) is 0 Å². The molecule has 0 fully saturated rings. The maximum atomic E-state index is 12.7. The van der Waals surface area contributed by atoms with Gasteiger partial charge in [0.05, 0.1) is 32.1 Å². The molecular formula is C18H12Cl2N6O2S2. The van der Waals surface area contributed by atoms with E-state index in [1.54, 1.807) is 24.3 Å². The monoisotopic (exact) mass is 478 g/mol. The van der Waals surface area contributed by atoms with Crippen LogP contribution in [0.1, 0.15) is 19.3 Å². The normalized spacial score (nSPS) is 10.9. The van der Waals surface area contributed by atoms with Gasteiger partial charge in [0, 0.05) is 12.4 Å². The third-order valence-electron chi connectivity index (χ3n) is 4.05. The zero-order valence-corrected chi connectivity index (χ0v) is 18.0. The summed E-state index contributed by atoms with van der Waals surface area (Å²) in [6.45, 7) is 0. The maximum absolute atomic E-state index is 12.7. The number of pyridine rings is 2. The molecule has 12 heteroatoms. The van der Waals surface area contributed by atoms with E-state index in [2.05, 4.69) is 20.6 Å². The smallest absolute Gasteiger partial charge is 0.268 e. The average Bonchev–Trinajstić information content (AvgIpc) is 3.22. The predicted octanol–water partition coefficient (Wildman–Crippen LogP) is 4.73. The number of anilines is 4. The van der Waals surface area contributed by atoms with Crippen molar-refractivity contribution in [3.8, 4) is 0 Å². The Balaban J connectivity index is 1.63. The first-order valence-electron chi connectivity index (χ1n) is 8.30. The molecule has 0 unspecified atom stereocenters. The van der Waals surface area contributed by atoms with Gasteiger partial charge < -0.3 is 22.1 Å². The first-order valence-corrected chi connectivity index (χ1v) is 10.7. The molecule has 0 saturated heterocycles. The topological polar surface area (TPSA) is 136 Å². The molecule has 0 atom stereocenters. The van der Waals surface area contributed by atoms with E-state index in [0.29, 0.717) is 20.8 Å². The van der Waals surface area contributed by atoms with Crippen LogP contribution in [0.25, 0.3) is 9.40 Å². The lowest BCUT2D eigenvalue weighted by atomic mass is 10.2. The number of nitrogens with one attached hydrogen (secondary N) is 2. The lowest BCUT2D eigenvalue weighted by Gasteiger charge is -2.06. The number of aromatic nitrogens is 2. The quantitative estimate of drug-likeness (QED) is 0.313. The summed E-state index contributed by atoms with van der Waals surface area (Å²) in [6, 6.07) is 6.55. The van der Waals surface area contributed by atoms with Gasteiger partial charge in [0.1, 0.15) is 9.75 Å². The largest absolute Gasteiger partial charge is 0.397 e. The number of halogens is 2. The van der Waals surface area contributed by atoms with Gasteiger partial charge in [0.15, 0.2) is 10.3 Å². The molecule has 0 radical (unpaired) electrons. The number of rotatable bonds is 4. The highest BCUT2D eigenvalue weighted by atomic mass is 35.5. The summed E-state index contributed by atoms with van der Waals surface area (Å²) < 4.78 is 0.648. The highest BCUT2D eigenvalue weighted by Crippen LogP contribution is 2.45. The fraction of sp³-hybridized carbons (Fsp3) is 0. The van der Waals surface area contributed by atoms with Crippen LogP contribution in [0.5, 0.6) is 0 Å². The van der Waals surface area contributed by atoms with Crippen molar-refractivity contribution < 1.29 is 9.59 Å². The van der Waals surface area contributed by atoms with Gasteiger partial charge in [0.2, 0.25) is 0 Å². The van der Waals surface area contributed by atoms with E-state index in [4.69, 9.17) is 34.7 Å². The molecule has 4 rings (SSSR count). The standard InChI is InChI=1S/C18H12Cl2N6O2S2/c19-14-7(3-1-5-23-14)25-16(27)12-10(21)9-11(22)13(30-18(9)29-12)17(28)26-8-4-2-6-24-15(8)20/h1-6H,21-22H2,(H,25,27)(H,26,28). The van der Waals surface area contributed by atoms with E-state index in [1.807, 2.05) is 0 Å². The molecule has 2 amide bonds. The van der Waals surface area contributed by atoms with Gasteiger partial charge in [-0.15, -0.1) is 22.7 Å². The molecule has 0 aliphatic carbocycles. The van der Waals surface area contributed by atoms with Crippen molar-refractivity contribution in [3.63, 3.8) is 0 Å². The molecular weight excluding hydrogens is 467 g/mol. The first-order chi connectivity index (χ1) is 14.4. The molecule has 0 aliphatic heterocycles. The van der Waals surface area contributed by atoms with Gasteiger partial charge in [-0.25, -0.2) is 9.97 Å². The van der Waals surface area contributed by atoms with Gasteiger partial charge in [-0.2, -0.15) is 0 Å². The van der Waals surface area contributed by atoms with Crippen molar-refractivity contribution in [1.82, 2.24) is 9.97 Å². The van der Waals surface area contributed by atoms with Crippen LogP contribution < -0.4 is 22.1 Å². The second-order valence-electron chi connectivity index (χ2n) is 5.94. The molecule has 4 aromatic heterocycles. The summed E-state index contributed by atoms with van der Waals surface area (Å²) in [4.78, 5) is 33.7. The van der Waals surface area contributed by atoms with E-state index < -0.39 is 11.8 Å². The Labute approximate surface area is 187 Å². The first kappa shape index (κ1) is 20.4. The summed E-state index contributed by atoms with van der Waals surface area (Å²) in [7, 11) is 0. The van der Waals surface area contributed by atoms with E-state index in [-0.39, 0.29) is 31.4 Å². The predicted molar refractivity (Wildman–Crippen MR) is 123 cm³/mol. The highest BCUT2D eigenvalue weighted by molar-refractivity contribution is 7.40. The number of fused-ring (bicyclic) bond motifs is 1. The molecule has 0 saturated carbocycles. The molecule has 0 spiro atoms. The van der Waals surface area contributed by atoms with Gasteiger partial charge >= 0.3 is 0 Å². The summed E-state index contributed by atoms with van der Waals surface area (Å²) in [5, 5.41) is 6.14. The zero-order valence-electron chi connectivity index (χ0n) is 14.9. The van der Waals surface area contributed by atoms with Crippen LogP contribution in [0, 0.1) is 0 Å². The maximum Gasteiger partial charge on any atom is 0.268 e. The van der Waals surface area contributed by atoms with Crippen molar-refractivity contribution >= 4 is 89.8 Å². The Morgan fingerprint density at radius 1 is 0.833 bits per heavy atom. The van der Waals surface area contributed by atoms with Crippen molar-refractivity contribution in [3.05, 3.63) is 56.7 Å². The van der Waals surface area contributed by atoms with Crippen molar-refractivity contribution in [2.75, 3.05) is 22.1 Å². The number of amides is 2. The minimum absolute atomic E-state index is 0.162. The third kappa shape index (κ3) is 3.65. The molecule has 0 aromatic carbocycles. The number of carbonyl (C=O) groups excluding carboxylic acids is 2. The molecule has 0 aliphatic rings. The van der Waals surface area contributed by atoms with Gasteiger partial charge in [0.25, 0.3) is 11.8 Å². The van der Waals surface area contributed by atoms with Gasteiger partial charge in [-0.1, -0.05) is 23.2 Å². The Hall–Kier alpha value is -2.92. The lowest BCUT2D eigenvalue weighted by molar-refractivity contribution is 0.102. The molecule has 4 heterocycles. The van der Waals surface area contributed by atoms with E-state index in [0.717, 1.165) is 22.7 Å². The van der Waals surface area contributed by atoms with Crippen molar-refractivity contribution in [2.45, 2.75) is 0 Å². The SMILES string of the molecule is Nc1c(C(=O)Nc2cccnc2Cl)sc2sc(C(=O)Nc3cccnc3Cl)c(N)c12. The number of nitrogens with two attached hydrogens (primary N) is 2. The number of nitrogens with zero attached hydrogens (tertiary/aromatic N) is 2. The second-order valence-corrected chi connectivity index (χ2v) is 8.96.